The molecule has 1 N–H and O–H groups in total. The molecule has 17 heavy (non-hydrogen) atoms. The van der Waals surface area contributed by atoms with Gasteiger partial charge in [-0.25, -0.2) is 0 Å². The number of phenolic OH excluding ortho intramolecular Hbond substituents is 1. The molecule has 0 saturated heterocycles. The standard InChI is InChI=1S/C13H16O4/c1-2-16-13(15)8-11-5-3-9-7-10(14)4-6-12(9)17-11/h4,6-7,11,14H,2-3,5,8H2,1H3. The first-order valence-corrected chi connectivity index (χ1v) is 5.83. The van der Waals surface area contributed by atoms with Crippen LogP contribution in [0, 0.1) is 0 Å². The fourth-order valence-electron chi connectivity index (χ4n) is 1.98. The minimum atomic E-state index is -0.222. The number of ether oxygens (including phenoxy) is 2. The maximum Gasteiger partial charge on any atom is 0.309 e. The molecule has 1 atom stereocenters. The molecule has 0 spiro atoms. The smallest absolute Gasteiger partial charge is 0.309 e. The molecule has 0 bridgehead atoms. The predicted molar refractivity (Wildman–Crippen MR) is 62.1 cm³/mol. The molecule has 0 saturated carbocycles. The fraction of sp³-hybridized carbons (Fsp3) is 0.462. The molecule has 0 amide bonds. The van der Waals surface area contributed by atoms with Crippen molar-refractivity contribution in [1.29, 1.82) is 0 Å². The molecule has 1 aromatic carbocycles. The van der Waals surface area contributed by atoms with Gasteiger partial charge in [0.25, 0.3) is 0 Å². The van der Waals surface area contributed by atoms with Crippen molar-refractivity contribution >= 4 is 5.97 Å². The van der Waals surface area contributed by atoms with Crippen LogP contribution in [0.15, 0.2) is 18.2 Å². The zero-order chi connectivity index (χ0) is 12.3. The molecule has 1 heterocycles. The average Bonchev–Trinajstić information content (AvgIpc) is 2.29. The van der Waals surface area contributed by atoms with Crippen LogP contribution in [0.3, 0.4) is 0 Å². The van der Waals surface area contributed by atoms with E-state index in [0.717, 1.165) is 24.2 Å². The quantitative estimate of drug-likeness (QED) is 0.816. The Morgan fingerprint density at radius 2 is 2.41 bits per heavy atom. The number of fused-ring (bicyclic) bond motifs is 1. The van der Waals surface area contributed by atoms with Crippen molar-refractivity contribution in [3.8, 4) is 11.5 Å². The van der Waals surface area contributed by atoms with Crippen LogP contribution in [0.25, 0.3) is 0 Å². The Morgan fingerprint density at radius 3 is 3.18 bits per heavy atom. The lowest BCUT2D eigenvalue weighted by Crippen LogP contribution is -2.26. The molecule has 1 aliphatic heterocycles. The van der Waals surface area contributed by atoms with Gasteiger partial charge in [-0.15, -0.1) is 0 Å². The molecule has 0 radical (unpaired) electrons. The first-order chi connectivity index (χ1) is 8.19. The molecule has 4 nitrogen and oxygen atoms in total. The Balaban J connectivity index is 1.99. The Labute approximate surface area is 100 Å². The third kappa shape index (κ3) is 2.90. The average molecular weight is 236 g/mol. The van der Waals surface area contributed by atoms with Gasteiger partial charge in [0.2, 0.25) is 0 Å². The normalized spacial score (nSPS) is 18.1. The SMILES string of the molecule is CCOC(=O)CC1CCc2cc(O)ccc2O1. The summed E-state index contributed by atoms with van der Waals surface area (Å²) >= 11 is 0. The van der Waals surface area contributed by atoms with Crippen LogP contribution >= 0.6 is 0 Å². The molecule has 2 rings (SSSR count). The second kappa shape index (κ2) is 5.08. The van der Waals surface area contributed by atoms with Gasteiger partial charge >= 0.3 is 5.97 Å². The van der Waals surface area contributed by atoms with Crippen LogP contribution in [0.5, 0.6) is 11.5 Å². The highest BCUT2D eigenvalue weighted by atomic mass is 16.5. The predicted octanol–water partition coefficient (Wildman–Crippen LogP) is 2.04. The van der Waals surface area contributed by atoms with E-state index in [0.29, 0.717) is 6.61 Å². The maximum absolute atomic E-state index is 11.3. The summed E-state index contributed by atoms with van der Waals surface area (Å²) in [6, 6.07) is 5.03. The highest BCUT2D eigenvalue weighted by Gasteiger charge is 2.22. The van der Waals surface area contributed by atoms with Gasteiger partial charge in [-0.05, 0) is 43.5 Å². The summed E-state index contributed by atoms with van der Waals surface area (Å²) in [6.45, 7) is 2.19. The van der Waals surface area contributed by atoms with Gasteiger partial charge in [-0.1, -0.05) is 0 Å². The lowest BCUT2D eigenvalue weighted by atomic mass is 10.0. The zero-order valence-electron chi connectivity index (χ0n) is 9.81. The van der Waals surface area contributed by atoms with Gasteiger partial charge in [-0.2, -0.15) is 0 Å². The molecular formula is C13H16O4. The minimum absolute atomic E-state index is 0.119. The molecule has 1 unspecified atom stereocenters. The summed E-state index contributed by atoms with van der Waals surface area (Å²) in [5.41, 5.74) is 0.991. The Bertz CT molecular complexity index is 414. The van der Waals surface area contributed by atoms with Crippen LogP contribution in [-0.2, 0) is 16.0 Å². The first kappa shape index (κ1) is 11.8. The van der Waals surface area contributed by atoms with Gasteiger partial charge in [0.15, 0.2) is 0 Å². The number of hydrogen-bond donors (Lipinski definition) is 1. The summed E-state index contributed by atoms with van der Waals surface area (Å²) in [6.07, 6.45) is 1.75. The molecule has 1 aromatic rings. The van der Waals surface area contributed by atoms with Crippen molar-refractivity contribution in [3.63, 3.8) is 0 Å². The van der Waals surface area contributed by atoms with E-state index in [1.807, 2.05) is 0 Å². The van der Waals surface area contributed by atoms with Crippen molar-refractivity contribution in [3.05, 3.63) is 23.8 Å². The Kier molecular flexibility index (Phi) is 3.52. The number of carbonyl (C=O) groups excluding carboxylic acids is 1. The van der Waals surface area contributed by atoms with E-state index in [1.54, 1.807) is 25.1 Å². The molecule has 0 aliphatic carbocycles. The summed E-state index contributed by atoms with van der Waals surface area (Å²) in [5, 5.41) is 9.34. The molecule has 1 aliphatic rings. The van der Waals surface area contributed by atoms with Gasteiger partial charge in [0.1, 0.15) is 17.6 Å². The monoisotopic (exact) mass is 236 g/mol. The Morgan fingerprint density at radius 1 is 1.59 bits per heavy atom. The van der Waals surface area contributed by atoms with Gasteiger partial charge in [0.05, 0.1) is 13.0 Å². The number of aromatic hydroxyl groups is 1. The summed E-state index contributed by atoms with van der Waals surface area (Å²) in [7, 11) is 0. The topological polar surface area (TPSA) is 55.8 Å². The fourth-order valence-corrected chi connectivity index (χ4v) is 1.98. The summed E-state index contributed by atoms with van der Waals surface area (Å²) < 4.78 is 10.6. The van der Waals surface area contributed by atoms with E-state index < -0.39 is 0 Å². The molecule has 0 fully saturated rings. The van der Waals surface area contributed by atoms with E-state index in [9.17, 15) is 9.90 Å². The van der Waals surface area contributed by atoms with Gasteiger partial charge < -0.3 is 14.6 Å². The maximum atomic E-state index is 11.3. The third-order valence-corrected chi connectivity index (χ3v) is 2.77. The second-order valence-corrected chi connectivity index (χ2v) is 4.08. The number of hydrogen-bond acceptors (Lipinski definition) is 4. The Hall–Kier alpha value is -1.71. The van der Waals surface area contributed by atoms with E-state index >= 15 is 0 Å². The molecule has 0 aromatic heterocycles. The largest absolute Gasteiger partial charge is 0.508 e. The number of aryl methyl sites for hydroxylation is 1. The summed E-state index contributed by atoms with van der Waals surface area (Å²) in [5.74, 6) is 0.777. The van der Waals surface area contributed by atoms with Crippen LogP contribution in [0.1, 0.15) is 25.3 Å². The summed E-state index contributed by atoms with van der Waals surface area (Å²) in [4.78, 5) is 11.3. The van der Waals surface area contributed by atoms with E-state index in [-0.39, 0.29) is 24.2 Å². The minimum Gasteiger partial charge on any atom is -0.508 e. The van der Waals surface area contributed by atoms with Crippen LogP contribution in [-0.4, -0.2) is 23.8 Å². The molecule has 4 heteroatoms. The van der Waals surface area contributed by atoms with E-state index in [4.69, 9.17) is 9.47 Å². The lowest BCUT2D eigenvalue weighted by molar-refractivity contribution is -0.145. The van der Waals surface area contributed by atoms with Crippen LogP contribution in [0.2, 0.25) is 0 Å². The van der Waals surface area contributed by atoms with Gasteiger partial charge in [-0.3, -0.25) is 4.79 Å². The highest BCUT2D eigenvalue weighted by molar-refractivity contribution is 5.70. The molecule has 92 valence electrons. The van der Waals surface area contributed by atoms with E-state index in [1.165, 1.54) is 0 Å². The van der Waals surface area contributed by atoms with Crippen LogP contribution < -0.4 is 4.74 Å². The van der Waals surface area contributed by atoms with Gasteiger partial charge in [0, 0.05) is 0 Å². The number of phenols is 1. The van der Waals surface area contributed by atoms with Crippen molar-refractivity contribution in [2.75, 3.05) is 6.61 Å². The third-order valence-electron chi connectivity index (χ3n) is 2.77. The molecular weight excluding hydrogens is 220 g/mol. The zero-order valence-corrected chi connectivity index (χ0v) is 9.81. The highest BCUT2D eigenvalue weighted by Crippen LogP contribution is 2.31. The van der Waals surface area contributed by atoms with E-state index in [2.05, 4.69) is 0 Å². The first-order valence-electron chi connectivity index (χ1n) is 5.83. The van der Waals surface area contributed by atoms with Crippen molar-refractivity contribution in [2.24, 2.45) is 0 Å². The number of carbonyl (C=O) groups is 1. The number of benzene rings is 1. The number of rotatable bonds is 3. The van der Waals surface area contributed by atoms with Crippen molar-refractivity contribution in [1.82, 2.24) is 0 Å². The second-order valence-electron chi connectivity index (χ2n) is 4.08. The lowest BCUT2D eigenvalue weighted by Gasteiger charge is -2.25. The van der Waals surface area contributed by atoms with Crippen LogP contribution in [0.4, 0.5) is 0 Å². The van der Waals surface area contributed by atoms with Crippen molar-refractivity contribution in [2.45, 2.75) is 32.3 Å². The van der Waals surface area contributed by atoms with Crippen molar-refractivity contribution < 1.29 is 19.4 Å². The number of esters is 1.